The third kappa shape index (κ3) is 3.97. The monoisotopic (exact) mass is 443 g/mol. The molecule has 1 fully saturated rings. The number of carbonyl (C=O) groups is 2. The number of halogens is 1. The summed E-state index contributed by atoms with van der Waals surface area (Å²) in [6.07, 6.45) is 3.20. The number of rotatable bonds is 4. The van der Waals surface area contributed by atoms with E-state index in [0.717, 1.165) is 38.0 Å². The molecular formula is C21H22ClN5O2S. The van der Waals surface area contributed by atoms with E-state index in [9.17, 15) is 9.59 Å². The zero-order valence-electron chi connectivity index (χ0n) is 16.8. The van der Waals surface area contributed by atoms with Gasteiger partial charge in [-0.1, -0.05) is 41.1 Å². The summed E-state index contributed by atoms with van der Waals surface area (Å²) >= 11 is 7.67. The van der Waals surface area contributed by atoms with Gasteiger partial charge in [0, 0.05) is 13.1 Å². The van der Waals surface area contributed by atoms with Crippen molar-refractivity contribution < 1.29 is 9.59 Å². The van der Waals surface area contributed by atoms with E-state index in [1.165, 1.54) is 16.0 Å². The van der Waals surface area contributed by atoms with Crippen molar-refractivity contribution in [3.05, 3.63) is 57.3 Å². The number of para-hydroxylation sites is 1. The van der Waals surface area contributed by atoms with Crippen molar-refractivity contribution in [2.75, 3.05) is 18.4 Å². The van der Waals surface area contributed by atoms with Crippen molar-refractivity contribution in [1.29, 1.82) is 0 Å². The summed E-state index contributed by atoms with van der Waals surface area (Å²) in [4.78, 5) is 32.5. The highest BCUT2D eigenvalue weighted by atomic mass is 35.5. The number of nitrogens with zero attached hydrogens (tertiary/aromatic N) is 4. The van der Waals surface area contributed by atoms with E-state index in [4.69, 9.17) is 11.6 Å². The lowest BCUT2D eigenvalue weighted by Gasteiger charge is -2.26. The lowest BCUT2D eigenvalue weighted by Crippen LogP contribution is -2.35. The van der Waals surface area contributed by atoms with Crippen molar-refractivity contribution >= 4 is 39.9 Å². The van der Waals surface area contributed by atoms with Crippen LogP contribution in [0.15, 0.2) is 30.3 Å². The normalized spacial score (nSPS) is 14.0. The second kappa shape index (κ2) is 8.57. The van der Waals surface area contributed by atoms with Crippen molar-refractivity contribution in [2.45, 2.75) is 33.1 Å². The zero-order chi connectivity index (χ0) is 21.3. The number of nitrogens with one attached hydrogen (secondary N) is 1. The summed E-state index contributed by atoms with van der Waals surface area (Å²) in [5.74, 6) is -0.415. The summed E-state index contributed by atoms with van der Waals surface area (Å²) in [5, 5.41) is 7.79. The molecule has 7 nitrogen and oxygen atoms in total. The van der Waals surface area contributed by atoms with Crippen LogP contribution in [-0.2, 0) is 0 Å². The first kappa shape index (κ1) is 20.6. The minimum absolute atomic E-state index is 0.0173. The number of likely N-dealkylation sites (tertiary alicyclic amines) is 1. The van der Waals surface area contributed by atoms with Crippen LogP contribution in [0, 0.1) is 13.8 Å². The SMILES string of the molecule is Cc1nc(NC(=O)c2c(C)nn(-c3ccccc3)c2Cl)sc1C(=O)N1CCCCC1. The van der Waals surface area contributed by atoms with Crippen LogP contribution in [0.4, 0.5) is 5.13 Å². The van der Waals surface area contributed by atoms with Gasteiger partial charge in [0.2, 0.25) is 0 Å². The number of aryl methyl sites for hydroxylation is 2. The van der Waals surface area contributed by atoms with E-state index in [1.54, 1.807) is 13.8 Å². The Hall–Kier alpha value is -2.71. The van der Waals surface area contributed by atoms with Crippen LogP contribution in [0.5, 0.6) is 0 Å². The molecule has 0 unspecified atom stereocenters. The van der Waals surface area contributed by atoms with Gasteiger partial charge in [0.25, 0.3) is 11.8 Å². The maximum atomic E-state index is 12.9. The van der Waals surface area contributed by atoms with Gasteiger partial charge in [0.15, 0.2) is 5.13 Å². The molecule has 1 aromatic carbocycles. The first-order valence-electron chi connectivity index (χ1n) is 9.84. The average molecular weight is 444 g/mol. The fourth-order valence-electron chi connectivity index (χ4n) is 3.55. The highest BCUT2D eigenvalue weighted by Gasteiger charge is 2.25. The fourth-order valence-corrected chi connectivity index (χ4v) is 4.83. The lowest BCUT2D eigenvalue weighted by molar-refractivity contribution is 0.0728. The molecule has 0 atom stereocenters. The zero-order valence-corrected chi connectivity index (χ0v) is 18.4. The molecule has 2 amide bonds. The Morgan fingerprint density at radius 1 is 1.07 bits per heavy atom. The number of amides is 2. The van der Waals surface area contributed by atoms with Crippen LogP contribution in [0.3, 0.4) is 0 Å². The highest BCUT2D eigenvalue weighted by molar-refractivity contribution is 7.17. The van der Waals surface area contributed by atoms with Crippen molar-refractivity contribution in [2.24, 2.45) is 0 Å². The van der Waals surface area contributed by atoms with Gasteiger partial charge in [0.05, 0.1) is 17.1 Å². The van der Waals surface area contributed by atoms with E-state index < -0.39 is 5.91 Å². The quantitative estimate of drug-likeness (QED) is 0.644. The van der Waals surface area contributed by atoms with Gasteiger partial charge in [-0.05, 0) is 45.2 Å². The predicted molar refractivity (Wildman–Crippen MR) is 118 cm³/mol. The van der Waals surface area contributed by atoms with Crippen molar-refractivity contribution in [3.63, 3.8) is 0 Å². The second-order valence-electron chi connectivity index (χ2n) is 7.24. The highest BCUT2D eigenvalue weighted by Crippen LogP contribution is 2.28. The molecule has 3 heterocycles. The van der Waals surface area contributed by atoms with E-state index in [1.807, 2.05) is 35.2 Å². The Kier molecular flexibility index (Phi) is 5.87. The smallest absolute Gasteiger partial charge is 0.265 e. The lowest BCUT2D eigenvalue weighted by atomic mass is 10.1. The van der Waals surface area contributed by atoms with Crippen LogP contribution in [-0.4, -0.2) is 44.6 Å². The number of anilines is 1. The number of thiazole rings is 1. The van der Waals surface area contributed by atoms with E-state index in [0.29, 0.717) is 21.4 Å². The van der Waals surface area contributed by atoms with E-state index in [-0.39, 0.29) is 16.6 Å². The molecule has 0 aliphatic carbocycles. The van der Waals surface area contributed by atoms with Gasteiger partial charge >= 0.3 is 0 Å². The minimum Gasteiger partial charge on any atom is -0.338 e. The molecule has 4 rings (SSSR count). The second-order valence-corrected chi connectivity index (χ2v) is 8.60. The maximum Gasteiger partial charge on any atom is 0.265 e. The standard InChI is InChI=1S/C21H22ClN5O2S/c1-13-16(18(22)27(25-13)15-9-5-3-6-10-15)19(28)24-21-23-14(2)17(30-21)20(29)26-11-7-4-8-12-26/h3,5-6,9-10H,4,7-8,11-12H2,1-2H3,(H,23,24,28). The Balaban J connectivity index is 1.55. The molecule has 156 valence electrons. The third-order valence-corrected chi connectivity index (χ3v) is 6.50. The summed E-state index contributed by atoms with van der Waals surface area (Å²) in [7, 11) is 0. The molecular weight excluding hydrogens is 422 g/mol. The van der Waals surface area contributed by atoms with Gasteiger partial charge < -0.3 is 4.90 Å². The van der Waals surface area contributed by atoms with Gasteiger partial charge in [-0.15, -0.1) is 0 Å². The van der Waals surface area contributed by atoms with Crippen LogP contribution < -0.4 is 5.32 Å². The first-order valence-corrected chi connectivity index (χ1v) is 11.0. The van der Waals surface area contributed by atoms with Gasteiger partial charge in [-0.3, -0.25) is 14.9 Å². The molecule has 0 spiro atoms. The van der Waals surface area contributed by atoms with Gasteiger partial charge in [-0.25, -0.2) is 9.67 Å². The largest absolute Gasteiger partial charge is 0.338 e. The number of hydrogen-bond acceptors (Lipinski definition) is 5. The van der Waals surface area contributed by atoms with Crippen molar-refractivity contribution in [1.82, 2.24) is 19.7 Å². The molecule has 1 N–H and O–H groups in total. The Labute approximate surface area is 183 Å². The topological polar surface area (TPSA) is 80.1 Å². The molecule has 3 aromatic rings. The molecule has 1 aliphatic rings. The fraction of sp³-hybridized carbons (Fsp3) is 0.333. The van der Waals surface area contributed by atoms with Crippen LogP contribution >= 0.6 is 22.9 Å². The summed E-state index contributed by atoms with van der Waals surface area (Å²) in [6.45, 7) is 5.06. The summed E-state index contributed by atoms with van der Waals surface area (Å²) < 4.78 is 1.53. The molecule has 2 aromatic heterocycles. The Bertz CT molecular complexity index is 1090. The van der Waals surface area contributed by atoms with Crippen LogP contribution in [0.1, 0.15) is 50.7 Å². The Morgan fingerprint density at radius 3 is 2.47 bits per heavy atom. The number of benzene rings is 1. The first-order chi connectivity index (χ1) is 14.5. The summed E-state index contributed by atoms with van der Waals surface area (Å²) in [5.41, 5.74) is 2.19. The molecule has 9 heteroatoms. The molecule has 30 heavy (non-hydrogen) atoms. The average Bonchev–Trinajstić information content (AvgIpc) is 3.27. The third-order valence-electron chi connectivity index (χ3n) is 5.09. The van der Waals surface area contributed by atoms with Crippen LogP contribution in [0.2, 0.25) is 5.15 Å². The summed E-state index contributed by atoms with van der Waals surface area (Å²) in [6, 6.07) is 9.38. The minimum atomic E-state index is -0.398. The van der Waals surface area contributed by atoms with E-state index in [2.05, 4.69) is 15.4 Å². The molecule has 0 saturated carbocycles. The molecule has 0 bridgehead atoms. The molecule has 1 aliphatic heterocycles. The number of hydrogen-bond donors (Lipinski definition) is 1. The Morgan fingerprint density at radius 2 is 1.77 bits per heavy atom. The number of carbonyl (C=O) groups excluding carboxylic acids is 2. The van der Waals surface area contributed by atoms with Gasteiger partial charge in [0.1, 0.15) is 15.6 Å². The van der Waals surface area contributed by atoms with E-state index >= 15 is 0 Å². The predicted octanol–water partition coefficient (Wildman–Crippen LogP) is 4.48. The number of aromatic nitrogens is 3. The molecule has 0 radical (unpaired) electrons. The van der Waals surface area contributed by atoms with Crippen molar-refractivity contribution in [3.8, 4) is 5.69 Å². The maximum absolute atomic E-state index is 12.9. The molecule has 1 saturated heterocycles. The number of piperidine rings is 1. The van der Waals surface area contributed by atoms with Gasteiger partial charge in [-0.2, -0.15) is 5.10 Å². The van der Waals surface area contributed by atoms with Crippen LogP contribution in [0.25, 0.3) is 5.69 Å².